The molecule has 1 saturated heterocycles. The fourth-order valence-electron chi connectivity index (χ4n) is 3.64. The molecular weight excluding hydrogens is 368 g/mol. The second-order valence-electron chi connectivity index (χ2n) is 7.43. The third-order valence-corrected chi connectivity index (χ3v) is 5.35. The molecule has 0 atom stereocenters. The molecule has 7 nitrogen and oxygen atoms in total. The Kier molecular flexibility index (Phi) is 4.95. The molecule has 4 rings (SSSR count). The van der Waals surface area contributed by atoms with E-state index in [4.69, 9.17) is 4.84 Å². The van der Waals surface area contributed by atoms with Crippen LogP contribution < -0.4 is 10.4 Å². The summed E-state index contributed by atoms with van der Waals surface area (Å²) < 4.78 is 0. The van der Waals surface area contributed by atoms with Gasteiger partial charge in [-0.05, 0) is 43.5 Å². The zero-order valence-electron chi connectivity index (χ0n) is 16.4. The molecule has 0 unspecified atom stereocenters. The van der Waals surface area contributed by atoms with E-state index in [0.717, 1.165) is 22.5 Å². The molecule has 1 aromatic carbocycles. The molecule has 1 aromatic heterocycles. The predicted molar refractivity (Wildman–Crippen MR) is 110 cm³/mol. The molecule has 1 fully saturated rings. The average Bonchev–Trinajstić information content (AvgIpc) is 3.10. The van der Waals surface area contributed by atoms with Crippen molar-refractivity contribution in [2.75, 3.05) is 18.0 Å². The van der Waals surface area contributed by atoms with Gasteiger partial charge in [0.05, 0.1) is 4.92 Å². The van der Waals surface area contributed by atoms with E-state index in [1.54, 1.807) is 6.07 Å². The molecule has 0 radical (unpaired) electrons. The number of allylic oxidation sites excluding steroid dienone is 1. The van der Waals surface area contributed by atoms with E-state index in [-0.39, 0.29) is 10.6 Å². The van der Waals surface area contributed by atoms with Crippen molar-refractivity contribution in [2.24, 2.45) is 0 Å². The van der Waals surface area contributed by atoms with Gasteiger partial charge >= 0.3 is 5.69 Å². The van der Waals surface area contributed by atoms with Crippen LogP contribution in [0, 0.1) is 35.8 Å². The van der Waals surface area contributed by atoms with Crippen LogP contribution in [0.25, 0.3) is 0 Å². The summed E-state index contributed by atoms with van der Waals surface area (Å²) in [5.74, 6) is 6.76. The smallest absolute Gasteiger partial charge is 0.311 e. The van der Waals surface area contributed by atoms with Crippen LogP contribution in [-0.4, -0.2) is 28.6 Å². The Balaban J connectivity index is 1.48. The molecule has 1 N–H and O–H groups in total. The Bertz CT molecular complexity index is 1040. The van der Waals surface area contributed by atoms with Gasteiger partial charge < -0.3 is 4.90 Å². The van der Waals surface area contributed by atoms with E-state index in [2.05, 4.69) is 22.3 Å². The highest BCUT2D eigenvalue weighted by atomic mass is 16.7. The lowest BCUT2D eigenvalue weighted by Crippen LogP contribution is -2.45. The van der Waals surface area contributed by atoms with Crippen molar-refractivity contribution >= 4 is 11.5 Å². The van der Waals surface area contributed by atoms with E-state index in [0.29, 0.717) is 31.7 Å². The molecule has 7 heteroatoms. The summed E-state index contributed by atoms with van der Waals surface area (Å²) in [6.07, 6.45) is 3.43. The molecule has 1 spiro atoms. The number of nitrogens with zero attached hydrogens (tertiary/aromatic N) is 3. The maximum absolute atomic E-state index is 11.4. The monoisotopic (exact) mass is 390 g/mol. The van der Waals surface area contributed by atoms with Crippen molar-refractivity contribution in [3.8, 4) is 11.8 Å². The van der Waals surface area contributed by atoms with Crippen LogP contribution in [0.4, 0.5) is 11.5 Å². The van der Waals surface area contributed by atoms with Gasteiger partial charge in [-0.25, -0.2) is 4.98 Å². The summed E-state index contributed by atoms with van der Waals surface area (Å²) in [5.41, 5.74) is 6.18. The molecule has 2 aliphatic rings. The number of nitro groups is 1. The number of hydrogen-bond donors (Lipinski definition) is 1. The Morgan fingerprint density at radius 1 is 1.17 bits per heavy atom. The van der Waals surface area contributed by atoms with E-state index < -0.39 is 5.60 Å². The molecular formula is C22H22N4O3. The van der Waals surface area contributed by atoms with Crippen LogP contribution in [-0.2, 0) is 4.84 Å². The molecule has 0 amide bonds. The third kappa shape index (κ3) is 3.93. The highest BCUT2D eigenvalue weighted by Gasteiger charge is 2.39. The molecule has 148 valence electrons. The van der Waals surface area contributed by atoms with E-state index in [1.165, 1.54) is 6.07 Å². The second kappa shape index (κ2) is 7.57. The average molecular weight is 390 g/mol. The van der Waals surface area contributed by atoms with Gasteiger partial charge in [0.25, 0.3) is 0 Å². The number of pyridine rings is 1. The zero-order chi connectivity index (χ0) is 20.4. The SMILES string of the molecule is Cc1ccc([N+](=O)[O-])c(N2CCC3(C=C(C#Cc4ccccc4C)NO3)CC2)n1. The molecule has 2 aromatic rings. The molecule has 0 saturated carbocycles. The van der Waals surface area contributed by atoms with E-state index >= 15 is 0 Å². The lowest BCUT2D eigenvalue weighted by molar-refractivity contribution is -0.384. The number of piperidine rings is 1. The molecule has 0 aliphatic carbocycles. The van der Waals surface area contributed by atoms with Gasteiger partial charge in [-0.15, -0.1) is 0 Å². The summed E-state index contributed by atoms with van der Waals surface area (Å²) >= 11 is 0. The summed E-state index contributed by atoms with van der Waals surface area (Å²) in [5, 5.41) is 11.4. The topological polar surface area (TPSA) is 80.5 Å². The Morgan fingerprint density at radius 2 is 1.93 bits per heavy atom. The number of aryl methyl sites for hydroxylation is 2. The first kappa shape index (κ1) is 19.0. The van der Waals surface area contributed by atoms with Crippen molar-refractivity contribution in [1.82, 2.24) is 10.5 Å². The third-order valence-electron chi connectivity index (χ3n) is 5.35. The second-order valence-corrected chi connectivity index (χ2v) is 7.43. The molecule has 2 aliphatic heterocycles. The lowest BCUT2D eigenvalue weighted by atomic mass is 9.91. The van der Waals surface area contributed by atoms with Crippen molar-refractivity contribution in [1.29, 1.82) is 0 Å². The summed E-state index contributed by atoms with van der Waals surface area (Å²) in [4.78, 5) is 23.2. The van der Waals surface area contributed by atoms with Crippen LogP contribution in [0.3, 0.4) is 0 Å². The van der Waals surface area contributed by atoms with Crippen LogP contribution >= 0.6 is 0 Å². The van der Waals surface area contributed by atoms with Crippen molar-refractivity contribution in [3.05, 3.63) is 75.1 Å². The molecule has 29 heavy (non-hydrogen) atoms. The zero-order valence-corrected chi connectivity index (χ0v) is 16.4. The van der Waals surface area contributed by atoms with Crippen molar-refractivity contribution in [2.45, 2.75) is 32.3 Å². The van der Waals surface area contributed by atoms with Gasteiger partial charge in [0.1, 0.15) is 11.3 Å². The number of benzene rings is 1. The van der Waals surface area contributed by atoms with Crippen molar-refractivity contribution in [3.63, 3.8) is 0 Å². The minimum atomic E-state index is -0.440. The summed E-state index contributed by atoms with van der Waals surface area (Å²) in [6.45, 7) is 5.11. The standard InChI is InChI=1S/C22H22N4O3/c1-16-5-3-4-6-18(16)8-9-19-15-22(29-24-19)11-13-25(14-12-22)21-20(26(27)28)10-7-17(2)23-21/h3-7,10,15,24H,11-14H2,1-2H3. The Hall–Kier alpha value is -3.37. The first-order valence-corrected chi connectivity index (χ1v) is 9.57. The first-order valence-electron chi connectivity index (χ1n) is 9.57. The Morgan fingerprint density at radius 3 is 2.66 bits per heavy atom. The predicted octanol–water partition coefficient (Wildman–Crippen LogP) is 3.42. The minimum absolute atomic E-state index is 0.0392. The number of nitrogens with one attached hydrogen (secondary N) is 1. The van der Waals surface area contributed by atoms with Gasteiger partial charge in [-0.3, -0.25) is 20.4 Å². The van der Waals surface area contributed by atoms with Gasteiger partial charge in [-0.1, -0.05) is 24.1 Å². The Labute approximate surface area is 169 Å². The maximum Gasteiger partial charge on any atom is 0.311 e. The number of hydroxylamine groups is 1. The van der Waals surface area contributed by atoms with Gasteiger partial charge in [-0.2, -0.15) is 0 Å². The molecule has 3 heterocycles. The summed E-state index contributed by atoms with van der Waals surface area (Å²) in [7, 11) is 0. The normalized spacial score (nSPS) is 17.3. The van der Waals surface area contributed by atoms with E-state index in [9.17, 15) is 10.1 Å². The number of hydrogen-bond acceptors (Lipinski definition) is 6. The van der Waals surface area contributed by atoms with Crippen molar-refractivity contribution < 1.29 is 9.76 Å². The highest BCUT2D eigenvalue weighted by molar-refractivity contribution is 5.58. The lowest BCUT2D eigenvalue weighted by Gasteiger charge is -2.36. The van der Waals surface area contributed by atoms with Crippen LogP contribution in [0.1, 0.15) is 29.7 Å². The van der Waals surface area contributed by atoms with E-state index in [1.807, 2.05) is 49.1 Å². The number of aromatic nitrogens is 1. The fraction of sp³-hybridized carbons (Fsp3) is 0.318. The van der Waals surface area contributed by atoms with Gasteiger partial charge in [0, 0.05) is 43.3 Å². The fourth-order valence-corrected chi connectivity index (χ4v) is 3.64. The first-order chi connectivity index (χ1) is 14.0. The van der Waals surface area contributed by atoms with Gasteiger partial charge in [0.2, 0.25) is 5.82 Å². The quantitative estimate of drug-likeness (QED) is 0.481. The minimum Gasteiger partial charge on any atom is -0.351 e. The van der Waals surface area contributed by atoms with Crippen LogP contribution in [0.5, 0.6) is 0 Å². The highest BCUT2D eigenvalue weighted by Crippen LogP contribution is 2.35. The van der Waals surface area contributed by atoms with Crippen LogP contribution in [0.2, 0.25) is 0 Å². The van der Waals surface area contributed by atoms with Gasteiger partial charge in [0.15, 0.2) is 0 Å². The maximum atomic E-state index is 11.4. The number of anilines is 1. The van der Waals surface area contributed by atoms with Crippen LogP contribution in [0.15, 0.2) is 48.2 Å². The largest absolute Gasteiger partial charge is 0.351 e. The summed E-state index contributed by atoms with van der Waals surface area (Å²) in [6, 6.07) is 11.2. The number of rotatable bonds is 2. The molecule has 0 bridgehead atoms.